The van der Waals surface area contributed by atoms with Crippen molar-refractivity contribution >= 4 is 19.7 Å². The molecule has 0 heterocycles. The molecule has 0 aromatic heterocycles. The van der Waals surface area contributed by atoms with Crippen molar-refractivity contribution in [1.29, 1.82) is 0 Å². The van der Waals surface area contributed by atoms with E-state index in [1.165, 1.54) is 12.5 Å². The number of rotatable bonds is 9. The molecule has 0 amide bonds. The topological polar surface area (TPSA) is 80.3 Å². The quantitative estimate of drug-likeness (QED) is 0.675. The van der Waals surface area contributed by atoms with Crippen LogP contribution in [0.25, 0.3) is 0 Å². The number of nitrogens with one attached hydrogen (secondary N) is 1. The highest BCUT2D eigenvalue weighted by molar-refractivity contribution is 7.91. The highest BCUT2D eigenvalue weighted by Crippen LogP contribution is 2.11. The minimum Gasteiger partial charge on any atom is -0.313 e. The summed E-state index contributed by atoms with van der Waals surface area (Å²) in [4.78, 5) is 0. The second-order valence-corrected chi connectivity index (χ2v) is 9.53. The van der Waals surface area contributed by atoms with Crippen molar-refractivity contribution in [2.24, 2.45) is 0 Å². The Labute approximate surface area is 111 Å². The van der Waals surface area contributed by atoms with Crippen LogP contribution in [0.5, 0.6) is 0 Å². The van der Waals surface area contributed by atoms with Gasteiger partial charge >= 0.3 is 0 Å². The number of hydrogen-bond acceptors (Lipinski definition) is 5. The average molecular weight is 299 g/mol. The summed E-state index contributed by atoms with van der Waals surface area (Å²) < 4.78 is 45.2. The van der Waals surface area contributed by atoms with E-state index in [1.54, 1.807) is 6.92 Å². The van der Waals surface area contributed by atoms with E-state index in [0.29, 0.717) is 12.8 Å². The summed E-state index contributed by atoms with van der Waals surface area (Å²) in [6.07, 6.45) is 4.37. The third-order valence-corrected chi connectivity index (χ3v) is 5.64. The average Bonchev–Trinajstić information content (AvgIpc) is 2.19. The number of hydrogen-bond donors (Lipinski definition) is 1. The molecule has 0 aliphatic rings. The van der Waals surface area contributed by atoms with Crippen molar-refractivity contribution in [3.8, 4) is 0 Å². The lowest BCUT2D eigenvalue weighted by atomic mass is 10.1. The molecule has 0 rings (SSSR count). The van der Waals surface area contributed by atoms with Gasteiger partial charge in [0.15, 0.2) is 9.84 Å². The van der Waals surface area contributed by atoms with Gasteiger partial charge in [-0.1, -0.05) is 6.92 Å². The van der Waals surface area contributed by atoms with Crippen LogP contribution in [0.4, 0.5) is 0 Å². The fraction of sp³-hybridized carbons (Fsp3) is 1.00. The van der Waals surface area contributed by atoms with Gasteiger partial charge in [-0.25, -0.2) is 16.8 Å². The van der Waals surface area contributed by atoms with Gasteiger partial charge in [0.05, 0.1) is 5.25 Å². The maximum Gasteiger partial charge on any atom is 0.151 e. The summed E-state index contributed by atoms with van der Waals surface area (Å²) >= 11 is 0. The zero-order valence-corrected chi connectivity index (χ0v) is 13.3. The van der Waals surface area contributed by atoms with Gasteiger partial charge in [-0.2, -0.15) is 0 Å². The molecule has 0 aromatic carbocycles. The molecule has 0 aromatic rings. The highest BCUT2D eigenvalue weighted by atomic mass is 32.2. The van der Waals surface area contributed by atoms with Crippen LogP contribution in [-0.2, 0) is 19.7 Å². The van der Waals surface area contributed by atoms with E-state index in [-0.39, 0.29) is 11.8 Å². The molecule has 1 N–H and O–H groups in total. The highest BCUT2D eigenvalue weighted by Gasteiger charge is 2.25. The molecule has 0 fully saturated rings. The second-order valence-electron chi connectivity index (χ2n) is 4.87. The summed E-state index contributed by atoms with van der Waals surface area (Å²) in [6.45, 7) is 4.41. The van der Waals surface area contributed by atoms with Crippen LogP contribution in [0.1, 0.15) is 33.1 Å². The van der Waals surface area contributed by atoms with Crippen molar-refractivity contribution < 1.29 is 16.8 Å². The minimum atomic E-state index is -3.11. The molecular weight excluding hydrogens is 274 g/mol. The Morgan fingerprint density at radius 1 is 1.11 bits per heavy atom. The molecule has 5 nitrogen and oxygen atoms in total. The van der Waals surface area contributed by atoms with Crippen molar-refractivity contribution in [2.45, 2.75) is 44.4 Å². The largest absolute Gasteiger partial charge is 0.313 e. The fourth-order valence-corrected chi connectivity index (χ4v) is 3.22. The van der Waals surface area contributed by atoms with Crippen molar-refractivity contribution in [2.75, 3.05) is 24.8 Å². The summed E-state index contributed by atoms with van der Waals surface area (Å²) in [6, 6.07) is -0.179. The summed E-state index contributed by atoms with van der Waals surface area (Å²) in [5.74, 6) is 0.105. The Morgan fingerprint density at radius 2 is 1.67 bits per heavy atom. The fourth-order valence-electron chi connectivity index (χ4n) is 1.70. The summed E-state index contributed by atoms with van der Waals surface area (Å²) in [5, 5.41) is 2.69. The molecule has 7 heteroatoms. The molecule has 2 unspecified atom stereocenters. The van der Waals surface area contributed by atoms with E-state index in [0.717, 1.165) is 13.0 Å². The van der Waals surface area contributed by atoms with Crippen molar-refractivity contribution in [3.63, 3.8) is 0 Å². The van der Waals surface area contributed by atoms with Gasteiger partial charge in [-0.3, -0.25) is 0 Å². The molecule has 0 aliphatic carbocycles. The molecule has 0 aliphatic heterocycles. The lowest BCUT2D eigenvalue weighted by molar-refractivity contribution is 0.455. The smallest absolute Gasteiger partial charge is 0.151 e. The van der Waals surface area contributed by atoms with Crippen LogP contribution < -0.4 is 5.32 Å². The van der Waals surface area contributed by atoms with Gasteiger partial charge < -0.3 is 5.32 Å². The van der Waals surface area contributed by atoms with E-state index >= 15 is 0 Å². The molecular formula is C11H25NO4S2. The lowest BCUT2D eigenvalue weighted by Gasteiger charge is -2.23. The van der Waals surface area contributed by atoms with Crippen LogP contribution in [0.15, 0.2) is 0 Å². The van der Waals surface area contributed by atoms with Crippen LogP contribution in [0.3, 0.4) is 0 Å². The van der Waals surface area contributed by atoms with Crippen LogP contribution in [0.2, 0.25) is 0 Å². The first-order chi connectivity index (χ1) is 8.08. The Balaban J connectivity index is 4.50. The monoisotopic (exact) mass is 299 g/mol. The van der Waals surface area contributed by atoms with Gasteiger partial charge in [0.25, 0.3) is 0 Å². The van der Waals surface area contributed by atoms with Gasteiger partial charge in [0.2, 0.25) is 0 Å². The molecule has 0 saturated heterocycles. The van der Waals surface area contributed by atoms with E-state index in [2.05, 4.69) is 5.32 Å². The van der Waals surface area contributed by atoms with Crippen LogP contribution in [-0.4, -0.2) is 52.9 Å². The zero-order chi connectivity index (χ0) is 14.4. The van der Waals surface area contributed by atoms with Gasteiger partial charge in [-0.05, 0) is 32.7 Å². The first kappa shape index (κ1) is 17.9. The lowest BCUT2D eigenvalue weighted by Crippen LogP contribution is -2.42. The second kappa shape index (κ2) is 7.45. The molecule has 0 radical (unpaired) electrons. The van der Waals surface area contributed by atoms with Gasteiger partial charge in [0.1, 0.15) is 9.84 Å². The van der Waals surface area contributed by atoms with Crippen LogP contribution >= 0.6 is 0 Å². The molecule has 0 bridgehead atoms. The van der Waals surface area contributed by atoms with E-state index in [1.807, 2.05) is 6.92 Å². The maximum absolute atomic E-state index is 11.5. The molecule has 0 saturated carbocycles. The molecule has 110 valence electrons. The predicted molar refractivity (Wildman–Crippen MR) is 75.3 cm³/mol. The zero-order valence-electron chi connectivity index (χ0n) is 11.6. The third kappa shape index (κ3) is 8.05. The van der Waals surface area contributed by atoms with Gasteiger partial charge in [0, 0.05) is 24.3 Å². The molecule has 0 spiro atoms. The standard InChI is InChI=1S/C11H25NO4S2/c1-5-8-12-11(10(2)18(4,15)16)7-6-9-17(3,13)14/h10-12H,5-9H2,1-4H3. The van der Waals surface area contributed by atoms with Crippen molar-refractivity contribution in [1.82, 2.24) is 5.32 Å². The Kier molecular flexibility index (Phi) is 7.39. The van der Waals surface area contributed by atoms with E-state index in [4.69, 9.17) is 0 Å². The molecule has 18 heavy (non-hydrogen) atoms. The number of sulfone groups is 2. The molecule has 2 atom stereocenters. The SMILES string of the molecule is CCCNC(CCCS(C)(=O)=O)C(C)S(C)(=O)=O. The van der Waals surface area contributed by atoms with Crippen LogP contribution in [0, 0.1) is 0 Å². The maximum atomic E-state index is 11.5. The normalized spacial score (nSPS) is 16.4. The Bertz CT molecular complexity index is 428. The van der Waals surface area contributed by atoms with E-state index in [9.17, 15) is 16.8 Å². The third-order valence-electron chi connectivity index (χ3n) is 2.93. The Morgan fingerprint density at radius 3 is 2.06 bits per heavy atom. The Hall–Kier alpha value is -0.140. The minimum absolute atomic E-state index is 0.105. The summed E-state index contributed by atoms with van der Waals surface area (Å²) in [5.41, 5.74) is 0. The first-order valence-electron chi connectivity index (χ1n) is 6.18. The van der Waals surface area contributed by atoms with Crippen molar-refractivity contribution in [3.05, 3.63) is 0 Å². The van der Waals surface area contributed by atoms with E-state index < -0.39 is 24.9 Å². The van der Waals surface area contributed by atoms with Gasteiger partial charge in [-0.15, -0.1) is 0 Å². The first-order valence-corrected chi connectivity index (χ1v) is 10.2. The predicted octanol–water partition coefficient (Wildman–Crippen LogP) is 0.613. The summed E-state index contributed by atoms with van der Waals surface area (Å²) in [7, 11) is -6.09.